The maximum atomic E-state index is 12.5. The third kappa shape index (κ3) is 3.03. The lowest BCUT2D eigenvalue weighted by Gasteiger charge is -2.12. The molecule has 0 amide bonds. The predicted molar refractivity (Wildman–Crippen MR) is 85.8 cm³/mol. The van der Waals surface area contributed by atoms with Crippen molar-refractivity contribution in [2.75, 3.05) is 20.8 Å². The molecule has 6 heteroatoms. The number of hydrogen-bond acceptors (Lipinski definition) is 5. The van der Waals surface area contributed by atoms with Crippen LogP contribution in [0.1, 0.15) is 12.5 Å². The molecule has 0 aliphatic heterocycles. The van der Waals surface area contributed by atoms with Crippen LogP contribution in [0.5, 0.6) is 5.75 Å². The van der Waals surface area contributed by atoms with Gasteiger partial charge in [-0.25, -0.2) is 0 Å². The molecule has 0 fully saturated rings. The number of pyridine rings is 1. The van der Waals surface area contributed by atoms with Crippen LogP contribution >= 0.6 is 0 Å². The molecule has 1 aromatic heterocycles. The lowest BCUT2D eigenvalue weighted by molar-refractivity contribution is -0.0936. The van der Waals surface area contributed by atoms with Crippen LogP contribution in [0.15, 0.2) is 34.1 Å². The fourth-order valence-corrected chi connectivity index (χ4v) is 2.32. The Balaban J connectivity index is 2.50. The van der Waals surface area contributed by atoms with Gasteiger partial charge in [0.25, 0.3) is 5.56 Å². The Hall–Kier alpha value is -2.18. The molecule has 0 saturated carbocycles. The number of aromatic hydroxyl groups is 1. The van der Waals surface area contributed by atoms with Gasteiger partial charge in [0.15, 0.2) is 6.29 Å². The van der Waals surface area contributed by atoms with Gasteiger partial charge in [0.05, 0.1) is 12.1 Å². The first-order valence-corrected chi connectivity index (χ1v) is 7.03. The van der Waals surface area contributed by atoms with Crippen molar-refractivity contribution in [2.45, 2.75) is 19.8 Å². The maximum absolute atomic E-state index is 12.5. The van der Waals surface area contributed by atoms with Crippen LogP contribution in [-0.4, -0.2) is 42.9 Å². The highest BCUT2D eigenvalue weighted by molar-refractivity contribution is 5.95. The summed E-state index contributed by atoms with van der Waals surface area (Å²) in [5.41, 5.74) is 0.608. The number of hydrogen-bond donors (Lipinski definition) is 1. The molecule has 1 aromatic carbocycles. The quantitative estimate of drug-likeness (QED) is 0.652. The number of methoxy groups -OCH3 is 2. The van der Waals surface area contributed by atoms with E-state index in [-0.39, 0.29) is 23.4 Å². The number of fused-ring (bicyclic) bond motifs is 1. The molecule has 0 unspecified atom stereocenters. The van der Waals surface area contributed by atoms with Gasteiger partial charge in [0.1, 0.15) is 11.3 Å². The SMILES string of the molecule is CCn1c(=O)c(C=NCC(OC)OC)c(O)c2ccccc21. The molecule has 22 heavy (non-hydrogen) atoms. The molecule has 0 aliphatic carbocycles. The zero-order chi connectivity index (χ0) is 16.1. The van der Waals surface area contributed by atoms with Gasteiger partial charge in [0.2, 0.25) is 0 Å². The molecule has 0 saturated heterocycles. The summed E-state index contributed by atoms with van der Waals surface area (Å²) in [5.74, 6) is -0.0552. The van der Waals surface area contributed by atoms with Crippen molar-refractivity contribution in [1.82, 2.24) is 4.57 Å². The van der Waals surface area contributed by atoms with E-state index in [1.807, 2.05) is 25.1 Å². The second-order valence-electron chi connectivity index (χ2n) is 4.72. The number of nitrogens with zero attached hydrogens (tertiary/aromatic N) is 2. The molecule has 0 bridgehead atoms. The normalized spacial score (nSPS) is 11.8. The highest BCUT2D eigenvalue weighted by atomic mass is 16.7. The Labute approximate surface area is 128 Å². The molecule has 2 rings (SSSR count). The van der Waals surface area contributed by atoms with E-state index in [2.05, 4.69) is 4.99 Å². The van der Waals surface area contributed by atoms with Crippen LogP contribution in [0.25, 0.3) is 10.9 Å². The number of aryl methyl sites for hydroxylation is 1. The Bertz CT molecular complexity index is 733. The minimum absolute atomic E-state index is 0.0552. The van der Waals surface area contributed by atoms with Gasteiger partial charge >= 0.3 is 0 Å². The molecule has 1 N–H and O–H groups in total. The minimum Gasteiger partial charge on any atom is -0.506 e. The lowest BCUT2D eigenvalue weighted by atomic mass is 10.1. The molecular weight excluding hydrogens is 284 g/mol. The third-order valence-corrected chi connectivity index (χ3v) is 3.50. The van der Waals surface area contributed by atoms with Gasteiger partial charge in [-0.15, -0.1) is 0 Å². The first-order valence-electron chi connectivity index (χ1n) is 7.03. The maximum Gasteiger partial charge on any atom is 0.263 e. The first kappa shape index (κ1) is 16.2. The number of aromatic nitrogens is 1. The Morgan fingerprint density at radius 1 is 1.32 bits per heavy atom. The first-order chi connectivity index (χ1) is 10.6. The summed E-state index contributed by atoms with van der Waals surface area (Å²) >= 11 is 0. The second-order valence-corrected chi connectivity index (χ2v) is 4.72. The molecule has 118 valence electrons. The summed E-state index contributed by atoms with van der Waals surface area (Å²) < 4.78 is 11.7. The van der Waals surface area contributed by atoms with E-state index in [1.54, 1.807) is 10.6 Å². The topological polar surface area (TPSA) is 73.1 Å². The molecule has 1 heterocycles. The average molecular weight is 304 g/mol. The molecule has 2 aromatic rings. The smallest absolute Gasteiger partial charge is 0.263 e. The molecular formula is C16H20N2O4. The van der Waals surface area contributed by atoms with E-state index >= 15 is 0 Å². The van der Waals surface area contributed by atoms with E-state index in [9.17, 15) is 9.90 Å². The summed E-state index contributed by atoms with van der Waals surface area (Å²) in [6, 6.07) is 7.25. The number of para-hydroxylation sites is 1. The van der Waals surface area contributed by atoms with Gasteiger partial charge in [-0.2, -0.15) is 0 Å². The Kier molecular flexibility index (Phi) is 5.30. The van der Waals surface area contributed by atoms with Crippen LogP contribution < -0.4 is 5.56 Å². The van der Waals surface area contributed by atoms with E-state index in [4.69, 9.17) is 9.47 Å². The number of ether oxygens (including phenoxy) is 2. The fourth-order valence-electron chi connectivity index (χ4n) is 2.32. The van der Waals surface area contributed by atoms with Crippen molar-refractivity contribution in [3.8, 4) is 5.75 Å². The number of rotatable bonds is 6. The summed E-state index contributed by atoms with van der Waals surface area (Å²) in [7, 11) is 3.03. The van der Waals surface area contributed by atoms with Crippen LogP contribution in [0.4, 0.5) is 0 Å². The zero-order valence-electron chi connectivity index (χ0n) is 12.9. The van der Waals surface area contributed by atoms with Crippen LogP contribution in [0, 0.1) is 0 Å². The predicted octanol–water partition coefficient (Wildman–Crippen LogP) is 1.76. The van der Waals surface area contributed by atoms with Crippen molar-refractivity contribution < 1.29 is 14.6 Å². The monoisotopic (exact) mass is 304 g/mol. The van der Waals surface area contributed by atoms with Crippen molar-refractivity contribution in [1.29, 1.82) is 0 Å². The average Bonchev–Trinajstić information content (AvgIpc) is 2.55. The number of aliphatic imine (C=N–C) groups is 1. The Morgan fingerprint density at radius 2 is 2.00 bits per heavy atom. The molecule has 0 atom stereocenters. The van der Waals surface area contributed by atoms with Gasteiger partial charge < -0.3 is 19.1 Å². The van der Waals surface area contributed by atoms with E-state index in [0.717, 1.165) is 0 Å². The minimum atomic E-state index is -0.479. The van der Waals surface area contributed by atoms with E-state index in [0.29, 0.717) is 17.4 Å². The summed E-state index contributed by atoms with van der Waals surface area (Å²) in [5, 5.41) is 11.0. The van der Waals surface area contributed by atoms with E-state index < -0.39 is 6.29 Å². The fraction of sp³-hybridized carbons (Fsp3) is 0.375. The van der Waals surface area contributed by atoms with Gasteiger partial charge in [-0.3, -0.25) is 9.79 Å². The number of benzene rings is 1. The van der Waals surface area contributed by atoms with Crippen molar-refractivity contribution in [3.63, 3.8) is 0 Å². The van der Waals surface area contributed by atoms with E-state index in [1.165, 1.54) is 20.4 Å². The van der Waals surface area contributed by atoms with Crippen LogP contribution in [-0.2, 0) is 16.0 Å². The molecule has 0 aliphatic rings. The highest BCUT2D eigenvalue weighted by Gasteiger charge is 2.14. The van der Waals surface area contributed by atoms with Crippen LogP contribution in [0.2, 0.25) is 0 Å². The van der Waals surface area contributed by atoms with Crippen molar-refractivity contribution >= 4 is 17.1 Å². The molecule has 6 nitrogen and oxygen atoms in total. The second kappa shape index (κ2) is 7.20. The third-order valence-electron chi connectivity index (χ3n) is 3.50. The summed E-state index contributed by atoms with van der Waals surface area (Å²) in [4.78, 5) is 16.6. The summed E-state index contributed by atoms with van der Waals surface area (Å²) in [6.07, 6.45) is 0.897. The van der Waals surface area contributed by atoms with Crippen molar-refractivity contribution in [3.05, 3.63) is 40.2 Å². The zero-order valence-corrected chi connectivity index (χ0v) is 12.9. The molecule has 0 spiro atoms. The summed E-state index contributed by atoms with van der Waals surface area (Å²) in [6.45, 7) is 2.64. The lowest BCUT2D eigenvalue weighted by Crippen LogP contribution is -2.24. The largest absolute Gasteiger partial charge is 0.506 e. The van der Waals surface area contributed by atoms with Crippen LogP contribution in [0.3, 0.4) is 0 Å². The van der Waals surface area contributed by atoms with Gasteiger partial charge in [0, 0.05) is 32.4 Å². The Morgan fingerprint density at radius 3 is 2.64 bits per heavy atom. The van der Waals surface area contributed by atoms with Gasteiger partial charge in [-0.05, 0) is 19.1 Å². The molecule has 0 radical (unpaired) electrons. The van der Waals surface area contributed by atoms with Crippen molar-refractivity contribution in [2.24, 2.45) is 4.99 Å². The van der Waals surface area contributed by atoms with Gasteiger partial charge in [-0.1, -0.05) is 12.1 Å². The highest BCUT2D eigenvalue weighted by Crippen LogP contribution is 2.25. The standard InChI is InChI=1S/C16H20N2O4/c1-4-18-13-8-6-5-7-11(13)15(19)12(16(18)20)9-17-10-14(21-2)22-3/h5-9,14,19H,4,10H2,1-3H3.